The van der Waals surface area contributed by atoms with Gasteiger partial charge in [0.05, 0.1) is 0 Å². The molecular formula is C13H18N2. The second-order valence-electron chi connectivity index (χ2n) is 3.94. The molecule has 2 nitrogen and oxygen atoms in total. The topological polar surface area (TPSA) is 30.9 Å². The van der Waals surface area contributed by atoms with Crippen molar-refractivity contribution in [2.45, 2.75) is 19.8 Å². The predicted octanol–water partition coefficient (Wildman–Crippen LogP) is 2.24. The highest BCUT2D eigenvalue weighted by Crippen LogP contribution is 2.23. The van der Waals surface area contributed by atoms with Gasteiger partial charge in [-0.3, -0.25) is 0 Å². The number of fused-ring (bicyclic) bond motifs is 1. The van der Waals surface area contributed by atoms with Gasteiger partial charge in [-0.25, -0.2) is 0 Å². The standard InChI is InChI=1S/C13H18N2/c1-3-11-9-12-10(7-8-14)5-4-6-13(12)15(11)2/h4-6,9H,3,7-8,14H2,1-2H3. The van der Waals surface area contributed by atoms with Crippen LogP contribution in [0.2, 0.25) is 0 Å². The fourth-order valence-electron chi connectivity index (χ4n) is 2.19. The SMILES string of the molecule is CCc1cc2c(CCN)cccc2n1C. The quantitative estimate of drug-likeness (QED) is 0.813. The molecule has 0 atom stereocenters. The molecule has 0 radical (unpaired) electrons. The van der Waals surface area contributed by atoms with Crippen molar-refractivity contribution in [1.82, 2.24) is 4.57 Å². The molecule has 80 valence electrons. The lowest BCUT2D eigenvalue weighted by atomic mass is 10.1. The molecule has 0 fully saturated rings. The third-order valence-corrected chi connectivity index (χ3v) is 3.05. The third-order valence-electron chi connectivity index (χ3n) is 3.05. The number of benzene rings is 1. The minimum Gasteiger partial charge on any atom is -0.348 e. The van der Waals surface area contributed by atoms with Crippen LogP contribution in [0.1, 0.15) is 18.2 Å². The smallest absolute Gasteiger partial charge is 0.0482 e. The lowest BCUT2D eigenvalue weighted by Crippen LogP contribution is -2.02. The molecule has 2 rings (SSSR count). The molecule has 0 unspecified atom stereocenters. The minimum atomic E-state index is 0.718. The summed E-state index contributed by atoms with van der Waals surface area (Å²) in [4.78, 5) is 0. The van der Waals surface area contributed by atoms with Gasteiger partial charge in [-0.05, 0) is 37.1 Å². The predicted molar refractivity (Wildman–Crippen MR) is 65.1 cm³/mol. The molecule has 0 bridgehead atoms. The van der Waals surface area contributed by atoms with E-state index in [1.165, 1.54) is 22.2 Å². The van der Waals surface area contributed by atoms with E-state index in [2.05, 4.69) is 42.8 Å². The van der Waals surface area contributed by atoms with Crippen molar-refractivity contribution in [2.24, 2.45) is 12.8 Å². The molecule has 0 aliphatic rings. The van der Waals surface area contributed by atoms with E-state index in [1.54, 1.807) is 0 Å². The molecule has 0 saturated heterocycles. The Morgan fingerprint density at radius 2 is 2.13 bits per heavy atom. The van der Waals surface area contributed by atoms with Crippen LogP contribution in [-0.4, -0.2) is 11.1 Å². The molecule has 2 N–H and O–H groups in total. The van der Waals surface area contributed by atoms with Gasteiger partial charge in [0.1, 0.15) is 0 Å². The van der Waals surface area contributed by atoms with Gasteiger partial charge in [-0.15, -0.1) is 0 Å². The lowest BCUT2D eigenvalue weighted by Gasteiger charge is -2.02. The summed E-state index contributed by atoms with van der Waals surface area (Å²) in [7, 11) is 2.13. The average molecular weight is 202 g/mol. The molecule has 0 saturated carbocycles. The van der Waals surface area contributed by atoms with Gasteiger partial charge in [-0.1, -0.05) is 19.1 Å². The zero-order chi connectivity index (χ0) is 10.8. The van der Waals surface area contributed by atoms with Gasteiger partial charge in [0.15, 0.2) is 0 Å². The highest BCUT2D eigenvalue weighted by atomic mass is 14.9. The Morgan fingerprint density at radius 1 is 1.33 bits per heavy atom. The van der Waals surface area contributed by atoms with E-state index in [9.17, 15) is 0 Å². The fraction of sp³-hybridized carbons (Fsp3) is 0.385. The molecule has 15 heavy (non-hydrogen) atoms. The molecule has 0 aliphatic heterocycles. The number of aromatic nitrogens is 1. The zero-order valence-corrected chi connectivity index (χ0v) is 9.46. The van der Waals surface area contributed by atoms with Gasteiger partial charge in [-0.2, -0.15) is 0 Å². The maximum absolute atomic E-state index is 5.62. The third kappa shape index (κ3) is 1.65. The molecule has 2 heteroatoms. The number of nitrogens with zero attached hydrogens (tertiary/aromatic N) is 1. The highest BCUT2D eigenvalue weighted by Gasteiger charge is 2.06. The first kappa shape index (κ1) is 10.2. The van der Waals surface area contributed by atoms with Crippen LogP contribution in [0, 0.1) is 0 Å². The summed E-state index contributed by atoms with van der Waals surface area (Å²) in [6.45, 7) is 2.91. The van der Waals surface area contributed by atoms with Crippen molar-refractivity contribution in [2.75, 3.05) is 6.54 Å². The number of nitrogens with two attached hydrogens (primary N) is 1. The second kappa shape index (κ2) is 4.07. The van der Waals surface area contributed by atoms with E-state index < -0.39 is 0 Å². The highest BCUT2D eigenvalue weighted by molar-refractivity contribution is 5.84. The first-order valence-corrected chi connectivity index (χ1v) is 5.54. The summed E-state index contributed by atoms with van der Waals surface area (Å²) in [6.07, 6.45) is 2.04. The monoisotopic (exact) mass is 202 g/mol. The van der Waals surface area contributed by atoms with Crippen molar-refractivity contribution in [3.63, 3.8) is 0 Å². The summed E-state index contributed by atoms with van der Waals surface area (Å²) in [6, 6.07) is 8.76. The van der Waals surface area contributed by atoms with Gasteiger partial charge in [0.25, 0.3) is 0 Å². The van der Waals surface area contributed by atoms with Crippen LogP contribution in [-0.2, 0) is 19.9 Å². The summed E-state index contributed by atoms with van der Waals surface area (Å²) in [5, 5.41) is 1.36. The first-order valence-electron chi connectivity index (χ1n) is 5.54. The number of hydrogen-bond acceptors (Lipinski definition) is 1. The van der Waals surface area contributed by atoms with Crippen LogP contribution >= 0.6 is 0 Å². The van der Waals surface area contributed by atoms with Gasteiger partial charge in [0, 0.05) is 23.6 Å². The van der Waals surface area contributed by atoms with Crippen LogP contribution in [0.25, 0.3) is 10.9 Å². The largest absolute Gasteiger partial charge is 0.348 e. The molecule has 0 amide bonds. The van der Waals surface area contributed by atoms with Gasteiger partial charge < -0.3 is 10.3 Å². The van der Waals surface area contributed by atoms with Crippen molar-refractivity contribution in [3.05, 3.63) is 35.5 Å². The summed E-state index contributed by atoms with van der Waals surface area (Å²) in [5.41, 5.74) is 9.69. The van der Waals surface area contributed by atoms with Crippen LogP contribution < -0.4 is 5.73 Å². The second-order valence-corrected chi connectivity index (χ2v) is 3.94. The van der Waals surface area contributed by atoms with Crippen LogP contribution in [0.5, 0.6) is 0 Å². The van der Waals surface area contributed by atoms with Gasteiger partial charge >= 0.3 is 0 Å². The molecule has 1 aromatic carbocycles. The molecule has 1 heterocycles. The summed E-state index contributed by atoms with van der Waals surface area (Å²) in [5.74, 6) is 0. The molecule has 1 aromatic heterocycles. The summed E-state index contributed by atoms with van der Waals surface area (Å²) < 4.78 is 2.27. The van der Waals surface area contributed by atoms with E-state index in [0.717, 1.165) is 19.4 Å². The lowest BCUT2D eigenvalue weighted by molar-refractivity contribution is 0.865. The Labute approximate surface area is 90.7 Å². The maximum Gasteiger partial charge on any atom is 0.0482 e. The van der Waals surface area contributed by atoms with Crippen molar-refractivity contribution >= 4 is 10.9 Å². The van der Waals surface area contributed by atoms with E-state index in [0.29, 0.717) is 0 Å². The molecule has 2 aromatic rings. The van der Waals surface area contributed by atoms with Crippen molar-refractivity contribution in [1.29, 1.82) is 0 Å². The fourth-order valence-corrected chi connectivity index (χ4v) is 2.19. The van der Waals surface area contributed by atoms with Crippen LogP contribution in [0.4, 0.5) is 0 Å². The van der Waals surface area contributed by atoms with Gasteiger partial charge in [0.2, 0.25) is 0 Å². The van der Waals surface area contributed by atoms with Crippen LogP contribution in [0.3, 0.4) is 0 Å². The Morgan fingerprint density at radius 3 is 2.80 bits per heavy atom. The van der Waals surface area contributed by atoms with E-state index in [-0.39, 0.29) is 0 Å². The Balaban J connectivity index is 2.65. The van der Waals surface area contributed by atoms with E-state index in [4.69, 9.17) is 5.73 Å². The van der Waals surface area contributed by atoms with Crippen molar-refractivity contribution < 1.29 is 0 Å². The number of hydrogen-bond donors (Lipinski definition) is 1. The van der Waals surface area contributed by atoms with Crippen LogP contribution in [0.15, 0.2) is 24.3 Å². The molecule has 0 spiro atoms. The first-order chi connectivity index (χ1) is 7.27. The van der Waals surface area contributed by atoms with Crippen molar-refractivity contribution in [3.8, 4) is 0 Å². The molecular weight excluding hydrogens is 184 g/mol. The zero-order valence-electron chi connectivity index (χ0n) is 9.46. The van der Waals surface area contributed by atoms with E-state index >= 15 is 0 Å². The Kier molecular flexibility index (Phi) is 2.78. The maximum atomic E-state index is 5.62. The minimum absolute atomic E-state index is 0.718. The number of rotatable bonds is 3. The normalized spacial score (nSPS) is 11.1. The summed E-state index contributed by atoms with van der Waals surface area (Å²) >= 11 is 0. The Bertz CT molecular complexity index is 469. The average Bonchev–Trinajstić information content (AvgIpc) is 2.58. The molecule has 0 aliphatic carbocycles. The number of aryl methyl sites for hydroxylation is 2. The van der Waals surface area contributed by atoms with E-state index in [1.807, 2.05) is 0 Å². The Hall–Kier alpha value is -1.28.